The summed E-state index contributed by atoms with van der Waals surface area (Å²) in [4.78, 5) is 7.78. The van der Waals surface area contributed by atoms with Gasteiger partial charge in [0, 0.05) is 25.5 Å². The molecule has 0 spiro atoms. The molecule has 126 valence electrons. The third kappa shape index (κ3) is 7.22. The van der Waals surface area contributed by atoms with E-state index in [4.69, 9.17) is 4.74 Å². The van der Waals surface area contributed by atoms with E-state index in [9.17, 15) is 0 Å². The summed E-state index contributed by atoms with van der Waals surface area (Å²) in [6, 6.07) is 14.1. The zero-order valence-electron chi connectivity index (χ0n) is 13.6. The molecule has 1 aromatic carbocycles. The highest BCUT2D eigenvalue weighted by Gasteiger charge is 2.05. The Hall–Kier alpha value is -1.28. The number of hydrogen-bond donors (Lipinski definition) is 1. The molecule has 2 rings (SSSR count). The standard InChI is InChI=1S/C17H23N3OS.HI/c1-18-17(19-11-10-16-9-6-14-22-16)20(2)12-13-21-15-7-4-3-5-8-15;/h3-9,14H,10-13H2,1-2H3,(H,18,19);1H. The van der Waals surface area contributed by atoms with Crippen LogP contribution in [0.15, 0.2) is 52.8 Å². The van der Waals surface area contributed by atoms with Crippen LogP contribution in [-0.2, 0) is 6.42 Å². The first kappa shape index (κ1) is 19.8. The molecular formula is C17H24IN3OS. The first-order valence-corrected chi connectivity index (χ1v) is 8.29. The van der Waals surface area contributed by atoms with Crippen LogP contribution in [-0.4, -0.2) is 44.7 Å². The monoisotopic (exact) mass is 445 g/mol. The smallest absolute Gasteiger partial charge is 0.193 e. The zero-order valence-corrected chi connectivity index (χ0v) is 16.7. The molecule has 4 nitrogen and oxygen atoms in total. The van der Waals surface area contributed by atoms with Gasteiger partial charge in [0.2, 0.25) is 0 Å². The maximum atomic E-state index is 5.71. The summed E-state index contributed by atoms with van der Waals surface area (Å²) in [6.45, 7) is 2.30. The largest absolute Gasteiger partial charge is 0.492 e. The third-order valence-corrected chi connectivity index (χ3v) is 4.18. The van der Waals surface area contributed by atoms with Crippen LogP contribution >= 0.6 is 35.3 Å². The topological polar surface area (TPSA) is 36.9 Å². The van der Waals surface area contributed by atoms with Gasteiger partial charge < -0.3 is 15.0 Å². The predicted octanol–water partition coefficient (Wildman–Crippen LogP) is 3.49. The van der Waals surface area contributed by atoms with Crippen molar-refractivity contribution in [1.29, 1.82) is 0 Å². The molecule has 0 fully saturated rings. The van der Waals surface area contributed by atoms with E-state index < -0.39 is 0 Å². The number of likely N-dealkylation sites (N-methyl/N-ethyl adjacent to an activating group) is 1. The molecule has 0 saturated carbocycles. The summed E-state index contributed by atoms with van der Waals surface area (Å²) in [5, 5.41) is 5.49. The maximum absolute atomic E-state index is 5.71. The van der Waals surface area contributed by atoms with Crippen molar-refractivity contribution in [2.24, 2.45) is 4.99 Å². The summed E-state index contributed by atoms with van der Waals surface area (Å²) in [5.41, 5.74) is 0. The van der Waals surface area contributed by atoms with Crippen molar-refractivity contribution in [3.8, 4) is 5.75 Å². The summed E-state index contributed by atoms with van der Waals surface area (Å²) in [5.74, 6) is 1.80. The van der Waals surface area contributed by atoms with E-state index in [1.54, 1.807) is 11.3 Å². The first-order valence-electron chi connectivity index (χ1n) is 7.41. The number of aliphatic imine (C=N–C) groups is 1. The highest BCUT2D eigenvalue weighted by molar-refractivity contribution is 14.0. The number of nitrogens with one attached hydrogen (secondary N) is 1. The fourth-order valence-corrected chi connectivity index (χ4v) is 2.77. The molecule has 0 unspecified atom stereocenters. The second-order valence-corrected chi connectivity index (χ2v) is 5.92. The molecule has 0 aliphatic rings. The molecule has 0 atom stereocenters. The number of nitrogens with zero attached hydrogens (tertiary/aromatic N) is 2. The van der Waals surface area contributed by atoms with Crippen LogP contribution in [0.5, 0.6) is 5.75 Å². The highest BCUT2D eigenvalue weighted by atomic mass is 127. The third-order valence-electron chi connectivity index (χ3n) is 3.25. The molecule has 0 radical (unpaired) electrons. The van der Waals surface area contributed by atoms with Gasteiger partial charge in [0.1, 0.15) is 12.4 Å². The lowest BCUT2D eigenvalue weighted by Crippen LogP contribution is -2.41. The molecule has 0 amide bonds. The van der Waals surface area contributed by atoms with Gasteiger partial charge in [0.15, 0.2) is 5.96 Å². The lowest BCUT2D eigenvalue weighted by molar-refractivity contribution is 0.281. The second-order valence-electron chi connectivity index (χ2n) is 4.89. The van der Waals surface area contributed by atoms with Gasteiger partial charge in [-0.3, -0.25) is 4.99 Å². The number of rotatable bonds is 7. The first-order chi connectivity index (χ1) is 10.8. The lowest BCUT2D eigenvalue weighted by Gasteiger charge is -2.22. The fraction of sp³-hybridized carbons (Fsp3) is 0.353. The van der Waals surface area contributed by atoms with Crippen molar-refractivity contribution < 1.29 is 4.74 Å². The molecule has 1 aromatic heterocycles. The van der Waals surface area contributed by atoms with Gasteiger partial charge in [-0.1, -0.05) is 24.3 Å². The van der Waals surface area contributed by atoms with Crippen LogP contribution in [0.25, 0.3) is 0 Å². The van der Waals surface area contributed by atoms with E-state index in [1.165, 1.54) is 4.88 Å². The van der Waals surface area contributed by atoms with Crippen LogP contribution in [0.4, 0.5) is 0 Å². The average Bonchev–Trinajstić information content (AvgIpc) is 3.06. The predicted molar refractivity (Wildman–Crippen MR) is 109 cm³/mol. The highest BCUT2D eigenvalue weighted by Crippen LogP contribution is 2.09. The van der Waals surface area contributed by atoms with Crippen molar-refractivity contribution >= 4 is 41.3 Å². The van der Waals surface area contributed by atoms with Gasteiger partial charge in [-0.25, -0.2) is 0 Å². The Labute approximate surface area is 159 Å². The number of thiophene rings is 1. The van der Waals surface area contributed by atoms with E-state index in [2.05, 4.69) is 32.7 Å². The van der Waals surface area contributed by atoms with E-state index >= 15 is 0 Å². The maximum Gasteiger partial charge on any atom is 0.193 e. The van der Waals surface area contributed by atoms with Crippen molar-refractivity contribution in [1.82, 2.24) is 10.2 Å². The fourth-order valence-electron chi connectivity index (χ4n) is 2.06. The molecule has 0 saturated heterocycles. The molecule has 1 N–H and O–H groups in total. The Balaban J connectivity index is 0.00000264. The van der Waals surface area contributed by atoms with E-state index in [1.807, 2.05) is 44.4 Å². The van der Waals surface area contributed by atoms with Gasteiger partial charge in [0.05, 0.1) is 6.54 Å². The number of hydrogen-bond acceptors (Lipinski definition) is 3. The Morgan fingerprint density at radius 3 is 2.65 bits per heavy atom. The van der Waals surface area contributed by atoms with Crippen LogP contribution in [0.1, 0.15) is 4.88 Å². The quantitative estimate of drug-likeness (QED) is 0.403. The van der Waals surface area contributed by atoms with Crippen molar-refractivity contribution in [3.63, 3.8) is 0 Å². The van der Waals surface area contributed by atoms with Crippen molar-refractivity contribution in [2.75, 3.05) is 33.8 Å². The van der Waals surface area contributed by atoms with Crippen LogP contribution in [0.3, 0.4) is 0 Å². The van der Waals surface area contributed by atoms with Crippen LogP contribution in [0, 0.1) is 0 Å². The molecule has 6 heteroatoms. The molecule has 23 heavy (non-hydrogen) atoms. The number of benzene rings is 1. The number of para-hydroxylation sites is 1. The van der Waals surface area contributed by atoms with Crippen molar-refractivity contribution in [2.45, 2.75) is 6.42 Å². The van der Waals surface area contributed by atoms with Gasteiger partial charge in [0.25, 0.3) is 0 Å². The van der Waals surface area contributed by atoms with Gasteiger partial charge in [-0.05, 0) is 30.0 Å². The normalized spacial score (nSPS) is 10.8. The molecule has 0 aliphatic heterocycles. The van der Waals surface area contributed by atoms with Crippen molar-refractivity contribution in [3.05, 3.63) is 52.7 Å². The van der Waals surface area contributed by atoms with Gasteiger partial charge >= 0.3 is 0 Å². The Kier molecular flexibility index (Phi) is 9.70. The second kappa shape index (κ2) is 11.3. The Morgan fingerprint density at radius 1 is 1.22 bits per heavy atom. The number of guanidine groups is 1. The van der Waals surface area contributed by atoms with E-state index in [0.29, 0.717) is 6.61 Å². The Morgan fingerprint density at radius 2 is 2.00 bits per heavy atom. The summed E-state index contributed by atoms with van der Waals surface area (Å²) < 4.78 is 5.71. The van der Waals surface area contributed by atoms with Crippen LogP contribution in [0.2, 0.25) is 0 Å². The van der Waals surface area contributed by atoms with E-state index in [-0.39, 0.29) is 24.0 Å². The zero-order chi connectivity index (χ0) is 15.6. The lowest BCUT2D eigenvalue weighted by atomic mass is 10.3. The van der Waals surface area contributed by atoms with E-state index in [0.717, 1.165) is 31.2 Å². The van der Waals surface area contributed by atoms with Gasteiger partial charge in [-0.2, -0.15) is 0 Å². The van der Waals surface area contributed by atoms with Crippen LogP contribution < -0.4 is 10.1 Å². The summed E-state index contributed by atoms with van der Waals surface area (Å²) in [6.07, 6.45) is 1.02. The molecule has 1 heterocycles. The molecule has 0 bridgehead atoms. The SMILES string of the molecule is CN=C(NCCc1cccs1)N(C)CCOc1ccccc1.I. The minimum Gasteiger partial charge on any atom is -0.492 e. The number of halogens is 1. The molecular weight excluding hydrogens is 421 g/mol. The molecule has 0 aliphatic carbocycles. The number of ether oxygens (including phenoxy) is 1. The summed E-state index contributed by atoms with van der Waals surface area (Å²) in [7, 11) is 3.83. The minimum absolute atomic E-state index is 0. The minimum atomic E-state index is 0. The average molecular weight is 445 g/mol. The summed E-state index contributed by atoms with van der Waals surface area (Å²) >= 11 is 1.79. The molecule has 2 aromatic rings. The van der Waals surface area contributed by atoms with Gasteiger partial charge in [-0.15, -0.1) is 35.3 Å². The Bertz CT molecular complexity index is 560.